The maximum Gasteiger partial charge on any atom is 0.263 e. The summed E-state index contributed by atoms with van der Waals surface area (Å²) in [6, 6.07) is 12.9. The minimum atomic E-state index is -0.462. The Kier molecular flexibility index (Phi) is 5.83. The number of carbonyl (C=O) groups is 1. The summed E-state index contributed by atoms with van der Waals surface area (Å²) < 4.78 is 10.4. The monoisotopic (exact) mass is 311 g/mol. The molecule has 1 heterocycles. The molecule has 0 spiro atoms. The van der Waals surface area contributed by atoms with Crippen LogP contribution in [-0.4, -0.2) is 13.0 Å². The van der Waals surface area contributed by atoms with Crippen LogP contribution >= 0.6 is 0 Å². The van der Waals surface area contributed by atoms with Crippen molar-refractivity contribution in [1.29, 1.82) is 5.26 Å². The molecule has 2 N–H and O–H groups in total. The quantitative estimate of drug-likeness (QED) is 0.604. The highest BCUT2D eigenvalue weighted by Crippen LogP contribution is 2.16. The molecule has 0 aliphatic carbocycles. The lowest BCUT2D eigenvalue weighted by Gasteiger charge is -2.08. The number of furan rings is 1. The van der Waals surface area contributed by atoms with Gasteiger partial charge in [0.2, 0.25) is 0 Å². The van der Waals surface area contributed by atoms with Crippen molar-refractivity contribution >= 4 is 5.91 Å². The van der Waals surface area contributed by atoms with Crippen LogP contribution in [0.3, 0.4) is 0 Å². The first-order chi connectivity index (χ1) is 11.2. The molecule has 0 unspecified atom stereocenters. The number of rotatable bonds is 7. The highest BCUT2D eigenvalue weighted by atomic mass is 16.5. The molecule has 23 heavy (non-hydrogen) atoms. The van der Waals surface area contributed by atoms with E-state index in [0.717, 1.165) is 11.3 Å². The lowest BCUT2D eigenvalue weighted by atomic mass is 10.2. The first-order valence-corrected chi connectivity index (χ1v) is 7.00. The Hall–Kier alpha value is -3.20. The van der Waals surface area contributed by atoms with E-state index in [1.54, 1.807) is 19.2 Å². The summed E-state index contributed by atoms with van der Waals surface area (Å²) in [5, 5.41) is 14.7. The van der Waals surface area contributed by atoms with Crippen LogP contribution in [0, 0.1) is 11.3 Å². The van der Waals surface area contributed by atoms with Crippen LogP contribution in [0.1, 0.15) is 11.3 Å². The molecule has 118 valence electrons. The Morgan fingerprint density at radius 2 is 2.13 bits per heavy atom. The van der Waals surface area contributed by atoms with Crippen molar-refractivity contribution in [3.8, 4) is 11.8 Å². The molecular formula is C17H17N3O3. The smallest absolute Gasteiger partial charge is 0.263 e. The number of hydrogen-bond acceptors (Lipinski definition) is 5. The molecule has 0 saturated carbocycles. The van der Waals surface area contributed by atoms with Crippen LogP contribution in [-0.2, 0) is 17.9 Å². The second-order valence-electron chi connectivity index (χ2n) is 4.62. The summed E-state index contributed by atoms with van der Waals surface area (Å²) in [5.41, 5.74) is 0.922. The third-order valence-electron chi connectivity index (χ3n) is 3.10. The predicted octanol–water partition coefficient (Wildman–Crippen LogP) is 2.10. The molecule has 6 nitrogen and oxygen atoms in total. The van der Waals surface area contributed by atoms with Gasteiger partial charge < -0.3 is 19.8 Å². The van der Waals surface area contributed by atoms with Crippen molar-refractivity contribution in [3.05, 3.63) is 65.8 Å². The minimum Gasteiger partial charge on any atom is -0.496 e. The van der Waals surface area contributed by atoms with Crippen LogP contribution in [0.2, 0.25) is 0 Å². The highest BCUT2D eigenvalue weighted by Gasteiger charge is 2.09. The van der Waals surface area contributed by atoms with Crippen molar-refractivity contribution in [3.63, 3.8) is 0 Å². The molecule has 0 bridgehead atoms. The maximum absolute atomic E-state index is 11.9. The first-order valence-electron chi connectivity index (χ1n) is 7.00. The van der Waals surface area contributed by atoms with Gasteiger partial charge in [0, 0.05) is 18.3 Å². The second kappa shape index (κ2) is 8.29. The number of methoxy groups -OCH3 is 1. The number of benzene rings is 1. The van der Waals surface area contributed by atoms with E-state index in [2.05, 4.69) is 10.6 Å². The molecule has 0 saturated heterocycles. The van der Waals surface area contributed by atoms with Crippen molar-refractivity contribution in [2.45, 2.75) is 13.1 Å². The first kappa shape index (κ1) is 16.2. The second-order valence-corrected chi connectivity index (χ2v) is 4.62. The Bertz CT molecular complexity index is 715. The van der Waals surface area contributed by atoms with E-state index in [1.807, 2.05) is 30.3 Å². The third kappa shape index (κ3) is 4.64. The van der Waals surface area contributed by atoms with Gasteiger partial charge in [-0.15, -0.1) is 0 Å². The van der Waals surface area contributed by atoms with Gasteiger partial charge in [-0.1, -0.05) is 18.2 Å². The average molecular weight is 311 g/mol. The minimum absolute atomic E-state index is 0.00791. The third-order valence-corrected chi connectivity index (χ3v) is 3.10. The zero-order valence-electron chi connectivity index (χ0n) is 12.7. The van der Waals surface area contributed by atoms with Crippen molar-refractivity contribution in [1.82, 2.24) is 10.6 Å². The van der Waals surface area contributed by atoms with Gasteiger partial charge in [-0.05, 0) is 18.2 Å². The van der Waals surface area contributed by atoms with Gasteiger partial charge in [0.05, 0.1) is 19.9 Å². The Morgan fingerprint density at radius 3 is 2.83 bits per heavy atom. The van der Waals surface area contributed by atoms with Gasteiger partial charge in [0.1, 0.15) is 23.2 Å². The molecule has 6 heteroatoms. The highest BCUT2D eigenvalue weighted by molar-refractivity contribution is 5.97. The molecule has 0 radical (unpaired) electrons. The van der Waals surface area contributed by atoms with Gasteiger partial charge >= 0.3 is 0 Å². The van der Waals surface area contributed by atoms with E-state index in [1.165, 1.54) is 12.5 Å². The van der Waals surface area contributed by atoms with E-state index in [0.29, 0.717) is 12.3 Å². The Balaban J connectivity index is 1.90. The van der Waals surface area contributed by atoms with Gasteiger partial charge in [-0.3, -0.25) is 4.79 Å². The van der Waals surface area contributed by atoms with Gasteiger partial charge in [-0.25, -0.2) is 0 Å². The van der Waals surface area contributed by atoms with E-state index >= 15 is 0 Å². The zero-order valence-corrected chi connectivity index (χ0v) is 12.7. The van der Waals surface area contributed by atoms with Crippen LogP contribution in [0.15, 0.2) is 58.9 Å². The largest absolute Gasteiger partial charge is 0.496 e. The number of amides is 1. The normalized spacial score (nSPS) is 10.7. The van der Waals surface area contributed by atoms with E-state index < -0.39 is 5.91 Å². The number of ether oxygens (including phenoxy) is 1. The molecule has 1 aromatic carbocycles. The van der Waals surface area contributed by atoms with Gasteiger partial charge in [0.25, 0.3) is 5.91 Å². The summed E-state index contributed by atoms with van der Waals surface area (Å²) in [5.74, 6) is 0.906. The summed E-state index contributed by atoms with van der Waals surface area (Å²) in [6.07, 6.45) is 2.92. The molecule has 1 aromatic heterocycles. The number of nitrogens with one attached hydrogen (secondary N) is 2. The van der Waals surface area contributed by atoms with E-state index in [9.17, 15) is 4.79 Å². The molecule has 2 rings (SSSR count). The molecule has 1 amide bonds. The zero-order chi connectivity index (χ0) is 16.5. The molecule has 0 atom stereocenters. The van der Waals surface area contributed by atoms with Crippen LogP contribution in [0.25, 0.3) is 0 Å². The Morgan fingerprint density at radius 1 is 1.30 bits per heavy atom. The summed E-state index contributed by atoms with van der Waals surface area (Å²) in [6.45, 7) is 0.679. The van der Waals surface area contributed by atoms with E-state index in [4.69, 9.17) is 14.4 Å². The van der Waals surface area contributed by atoms with Gasteiger partial charge in [-0.2, -0.15) is 5.26 Å². The van der Waals surface area contributed by atoms with Crippen LogP contribution in [0.5, 0.6) is 5.75 Å². The molecular weight excluding hydrogens is 294 g/mol. The van der Waals surface area contributed by atoms with Crippen LogP contribution < -0.4 is 15.4 Å². The SMILES string of the molecule is COc1ccccc1CN/C=C(/C#N)C(=O)NCc1ccco1. The van der Waals surface area contributed by atoms with Crippen molar-refractivity contribution in [2.24, 2.45) is 0 Å². The fourth-order valence-corrected chi connectivity index (χ4v) is 1.94. The summed E-state index contributed by atoms with van der Waals surface area (Å²) in [4.78, 5) is 11.9. The average Bonchev–Trinajstić information content (AvgIpc) is 3.10. The number of carbonyl (C=O) groups excluding carboxylic acids is 1. The van der Waals surface area contributed by atoms with Crippen molar-refractivity contribution in [2.75, 3.05) is 7.11 Å². The molecule has 0 aliphatic heterocycles. The van der Waals surface area contributed by atoms with E-state index in [-0.39, 0.29) is 12.1 Å². The topological polar surface area (TPSA) is 87.3 Å². The maximum atomic E-state index is 11.9. The summed E-state index contributed by atoms with van der Waals surface area (Å²) in [7, 11) is 1.59. The number of para-hydroxylation sites is 1. The molecule has 0 aliphatic rings. The number of hydrogen-bond donors (Lipinski definition) is 2. The fraction of sp³-hybridized carbons (Fsp3) is 0.176. The lowest BCUT2D eigenvalue weighted by molar-refractivity contribution is -0.117. The predicted molar refractivity (Wildman–Crippen MR) is 84.1 cm³/mol. The molecule has 2 aromatic rings. The van der Waals surface area contributed by atoms with Gasteiger partial charge in [0.15, 0.2) is 0 Å². The van der Waals surface area contributed by atoms with Crippen molar-refractivity contribution < 1.29 is 13.9 Å². The standard InChI is InChI=1S/C17H17N3O3/c1-22-16-7-3-2-5-13(16)10-19-11-14(9-18)17(21)20-12-15-6-4-8-23-15/h2-8,11,19H,10,12H2,1H3,(H,20,21)/b14-11-. The Labute approximate surface area is 134 Å². The summed E-state index contributed by atoms with van der Waals surface area (Å²) >= 11 is 0. The lowest BCUT2D eigenvalue weighted by Crippen LogP contribution is -2.25. The number of nitrogens with zero attached hydrogens (tertiary/aromatic N) is 1. The fourth-order valence-electron chi connectivity index (χ4n) is 1.94. The van der Waals surface area contributed by atoms with Crippen LogP contribution in [0.4, 0.5) is 0 Å². The molecule has 0 fully saturated rings. The number of nitriles is 1.